The normalized spacial score (nSPS) is 19.2. The van der Waals surface area contributed by atoms with Gasteiger partial charge in [-0.1, -0.05) is 22.0 Å². The lowest BCUT2D eigenvalue weighted by Gasteiger charge is -2.15. The molecule has 0 unspecified atom stereocenters. The van der Waals surface area contributed by atoms with Crippen molar-refractivity contribution >= 4 is 39.6 Å². The van der Waals surface area contributed by atoms with Crippen LogP contribution in [0.3, 0.4) is 0 Å². The Hall–Kier alpha value is -2.03. The Bertz CT molecular complexity index is 827. The van der Waals surface area contributed by atoms with E-state index in [4.69, 9.17) is 14.6 Å². The van der Waals surface area contributed by atoms with Gasteiger partial charge in [0.25, 0.3) is 0 Å². The van der Waals surface area contributed by atoms with Crippen molar-refractivity contribution in [3.05, 3.63) is 58.1 Å². The Labute approximate surface area is 163 Å². The molecule has 0 aliphatic carbocycles. The number of carboxylic acids is 1. The summed E-state index contributed by atoms with van der Waals surface area (Å²) in [4.78, 5) is 23.3. The Morgan fingerprint density at radius 2 is 1.92 bits per heavy atom. The number of ether oxygens (including phenoxy) is 2. The van der Waals surface area contributed by atoms with E-state index in [0.717, 1.165) is 10.0 Å². The summed E-state index contributed by atoms with van der Waals surface area (Å²) in [5, 5.41) is 12.0. The molecule has 2 aromatic carbocycles. The van der Waals surface area contributed by atoms with Gasteiger partial charge in [0.2, 0.25) is 0 Å². The molecule has 6 nitrogen and oxygen atoms in total. The van der Waals surface area contributed by atoms with Crippen molar-refractivity contribution in [3.63, 3.8) is 0 Å². The summed E-state index contributed by atoms with van der Waals surface area (Å²) in [7, 11) is 1.49. The fourth-order valence-corrected chi connectivity index (χ4v) is 3.97. The van der Waals surface area contributed by atoms with Crippen LogP contribution in [0.15, 0.2) is 46.9 Å². The average Bonchev–Trinajstić information content (AvgIpc) is 3.13. The number of carbonyl (C=O) groups is 2. The van der Waals surface area contributed by atoms with Crippen LogP contribution in [-0.2, 0) is 4.79 Å². The molecule has 0 spiro atoms. The van der Waals surface area contributed by atoms with E-state index >= 15 is 0 Å². The highest BCUT2D eigenvalue weighted by molar-refractivity contribution is 9.10. The predicted octanol–water partition coefficient (Wildman–Crippen LogP) is 3.47. The molecule has 2 N–H and O–H groups in total. The molecule has 0 radical (unpaired) electrons. The van der Waals surface area contributed by atoms with Crippen molar-refractivity contribution in [3.8, 4) is 11.5 Å². The highest BCUT2D eigenvalue weighted by Gasteiger charge is 2.30. The third kappa shape index (κ3) is 4.20. The monoisotopic (exact) mass is 437 g/mol. The number of rotatable bonds is 5. The van der Waals surface area contributed by atoms with Gasteiger partial charge < -0.3 is 14.6 Å². The lowest BCUT2D eigenvalue weighted by atomic mass is 10.2. The second-order valence-corrected chi connectivity index (χ2v) is 7.63. The van der Waals surface area contributed by atoms with Gasteiger partial charge >= 0.3 is 11.9 Å². The van der Waals surface area contributed by atoms with E-state index in [-0.39, 0.29) is 5.37 Å². The van der Waals surface area contributed by atoms with Gasteiger partial charge in [-0.05, 0) is 42.0 Å². The van der Waals surface area contributed by atoms with Gasteiger partial charge in [0.15, 0.2) is 11.5 Å². The number of methoxy groups -OCH3 is 1. The molecule has 0 bridgehead atoms. The Balaban J connectivity index is 1.76. The van der Waals surface area contributed by atoms with Gasteiger partial charge in [-0.25, -0.2) is 4.79 Å². The number of carbonyl (C=O) groups excluding carboxylic acids is 1. The Kier molecular flexibility index (Phi) is 5.85. The van der Waals surface area contributed by atoms with Crippen molar-refractivity contribution in [1.29, 1.82) is 0 Å². The Morgan fingerprint density at radius 1 is 1.19 bits per heavy atom. The van der Waals surface area contributed by atoms with Crippen LogP contribution in [-0.4, -0.2) is 35.9 Å². The van der Waals surface area contributed by atoms with Crippen LogP contribution in [0.2, 0.25) is 0 Å². The smallest absolute Gasteiger partial charge is 0.343 e. The molecule has 1 heterocycles. The lowest BCUT2D eigenvalue weighted by molar-refractivity contribution is -0.138. The van der Waals surface area contributed by atoms with Crippen LogP contribution in [0.5, 0.6) is 11.5 Å². The van der Waals surface area contributed by atoms with Crippen molar-refractivity contribution in [2.24, 2.45) is 0 Å². The second-order valence-electron chi connectivity index (χ2n) is 5.58. The maximum Gasteiger partial charge on any atom is 0.343 e. The molecule has 2 atom stereocenters. The van der Waals surface area contributed by atoms with E-state index in [1.165, 1.54) is 18.9 Å². The van der Waals surface area contributed by atoms with Crippen LogP contribution in [0, 0.1) is 0 Å². The van der Waals surface area contributed by atoms with E-state index < -0.39 is 18.0 Å². The molecule has 2 aromatic rings. The van der Waals surface area contributed by atoms with Gasteiger partial charge in [0.1, 0.15) is 6.04 Å². The molecule has 3 rings (SSSR count). The van der Waals surface area contributed by atoms with Crippen molar-refractivity contribution < 1.29 is 24.2 Å². The molecule has 1 fully saturated rings. The maximum atomic E-state index is 12.3. The van der Waals surface area contributed by atoms with Gasteiger partial charge in [-0.15, -0.1) is 11.8 Å². The molecule has 136 valence electrons. The lowest BCUT2D eigenvalue weighted by Crippen LogP contribution is -2.33. The zero-order valence-corrected chi connectivity index (χ0v) is 16.2. The third-order valence-corrected chi connectivity index (χ3v) is 5.65. The summed E-state index contributed by atoms with van der Waals surface area (Å²) in [5.74, 6) is -0.145. The number of benzene rings is 2. The third-order valence-electron chi connectivity index (χ3n) is 3.85. The number of hydrogen-bond acceptors (Lipinski definition) is 6. The van der Waals surface area contributed by atoms with Gasteiger partial charge in [-0.2, -0.15) is 0 Å². The van der Waals surface area contributed by atoms with E-state index in [1.54, 1.807) is 42.5 Å². The predicted molar refractivity (Wildman–Crippen MR) is 102 cm³/mol. The first kappa shape index (κ1) is 18.8. The minimum atomic E-state index is -0.869. The van der Waals surface area contributed by atoms with E-state index in [2.05, 4.69) is 21.2 Å². The number of halogens is 1. The standard InChI is InChI=1S/C18H16BrNO5S/c1-24-15-8-11(16-20-13(9-26-16)17(21)22)4-7-14(15)25-18(23)10-2-5-12(19)6-3-10/h2-8,13,16,20H,9H2,1H3,(H,21,22)/t13-,16-/m1/s1. The molecular formula is C18H16BrNO5S. The minimum absolute atomic E-state index is 0.152. The molecule has 0 saturated carbocycles. The Morgan fingerprint density at radius 3 is 2.54 bits per heavy atom. The highest BCUT2D eigenvalue weighted by atomic mass is 79.9. The fourth-order valence-electron chi connectivity index (χ4n) is 2.48. The number of carboxylic acid groups (broad SMARTS) is 1. The molecule has 1 saturated heterocycles. The number of nitrogens with one attached hydrogen (secondary N) is 1. The minimum Gasteiger partial charge on any atom is -0.493 e. The van der Waals surface area contributed by atoms with Crippen LogP contribution >= 0.6 is 27.7 Å². The van der Waals surface area contributed by atoms with Gasteiger partial charge in [-0.3, -0.25) is 10.1 Å². The summed E-state index contributed by atoms with van der Waals surface area (Å²) in [6, 6.07) is 11.5. The maximum absolute atomic E-state index is 12.3. The molecule has 26 heavy (non-hydrogen) atoms. The largest absolute Gasteiger partial charge is 0.493 e. The number of thioether (sulfide) groups is 1. The van der Waals surface area contributed by atoms with E-state index in [0.29, 0.717) is 22.8 Å². The quantitative estimate of drug-likeness (QED) is 0.546. The van der Waals surface area contributed by atoms with Crippen LogP contribution in [0.4, 0.5) is 0 Å². The van der Waals surface area contributed by atoms with E-state index in [1.807, 2.05) is 0 Å². The van der Waals surface area contributed by atoms with Crippen molar-refractivity contribution in [2.45, 2.75) is 11.4 Å². The summed E-state index contributed by atoms with van der Waals surface area (Å²) in [6.45, 7) is 0. The molecule has 1 aliphatic heterocycles. The zero-order chi connectivity index (χ0) is 18.7. The van der Waals surface area contributed by atoms with Crippen LogP contribution in [0.1, 0.15) is 21.3 Å². The summed E-state index contributed by atoms with van der Waals surface area (Å²) in [5.41, 5.74) is 1.29. The molecule has 0 aromatic heterocycles. The summed E-state index contributed by atoms with van der Waals surface area (Å²) in [6.07, 6.45) is 0. The number of aliphatic carboxylic acids is 1. The first-order valence-corrected chi connectivity index (χ1v) is 9.58. The van der Waals surface area contributed by atoms with Crippen molar-refractivity contribution in [1.82, 2.24) is 5.32 Å². The average molecular weight is 438 g/mol. The number of esters is 1. The molecular weight excluding hydrogens is 422 g/mol. The van der Waals surface area contributed by atoms with Crippen LogP contribution in [0.25, 0.3) is 0 Å². The second kappa shape index (κ2) is 8.11. The van der Waals surface area contributed by atoms with Crippen molar-refractivity contribution in [2.75, 3.05) is 12.9 Å². The fraction of sp³-hybridized carbons (Fsp3) is 0.222. The number of hydrogen-bond donors (Lipinski definition) is 2. The highest BCUT2D eigenvalue weighted by Crippen LogP contribution is 2.37. The first-order chi connectivity index (χ1) is 12.5. The summed E-state index contributed by atoms with van der Waals surface area (Å²) < 4.78 is 11.6. The molecule has 0 amide bonds. The molecule has 8 heteroatoms. The first-order valence-electron chi connectivity index (χ1n) is 7.74. The summed E-state index contributed by atoms with van der Waals surface area (Å²) >= 11 is 4.83. The van der Waals surface area contributed by atoms with E-state index in [9.17, 15) is 9.59 Å². The molecule has 1 aliphatic rings. The topological polar surface area (TPSA) is 84.9 Å². The van der Waals surface area contributed by atoms with Crippen LogP contribution < -0.4 is 14.8 Å². The zero-order valence-electron chi connectivity index (χ0n) is 13.8. The SMILES string of the molecule is COc1cc([C@@H]2N[C@@H](C(=O)O)CS2)ccc1OC(=O)c1ccc(Br)cc1. The van der Waals surface area contributed by atoms with Gasteiger partial charge in [0, 0.05) is 10.2 Å². The van der Waals surface area contributed by atoms with Gasteiger partial charge in [0.05, 0.1) is 18.0 Å².